The number of nitrogens with zero attached hydrogens (tertiary/aromatic N) is 5. The largest absolute Gasteiger partial charge is 0.492 e. The molecule has 1 unspecified atom stereocenters. The monoisotopic (exact) mass is 1260 g/mol. The number of hydrogen-bond donors (Lipinski definition) is 6. The molecule has 3 aliphatic rings. The van der Waals surface area contributed by atoms with Gasteiger partial charge in [-0.15, -0.1) is 22.9 Å². The van der Waals surface area contributed by atoms with Crippen LogP contribution >= 0.6 is 22.9 Å². The second-order valence-corrected chi connectivity index (χ2v) is 25.5. The number of nitrogens with two attached hydrogens (primary N) is 1. The Labute approximate surface area is 527 Å². The van der Waals surface area contributed by atoms with Crippen molar-refractivity contribution in [3.05, 3.63) is 94.5 Å². The molecule has 0 spiro atoms. The van der Waals surface area contributed by atoms with Gasteiger partial charge in [0.2, 0.25) is 17.7 Å². The van der Waals surface area contributed by atoms with Crippen LogP contribution in [0.5, 0.6) is 11.5 Å². The number of primary amides is 1. The van der Waals surface area contributed by atoms with Gasteiger partial charge in [0, 0.05) is 117 Å². The van der Waals surface area contributed by atoms with Crippen molar-refractivity contribution in [1.29, 1.82) is 0 Å². The lowest BCUT2D eigenvalue weighted by Gasteiger charge is -2.33. The molecule has 7 N–H and O–H groups in total. The van der Waals surface area contributed by atoms with E-state index in [9.17, 15) is 43.2 Å². The highest BCUT2D eigenvalue weighted by Gasteiger charge is 2.38. The fourth-order valence-electron chi connectivity index (χ4n) is 11.6. The van der Waals surface area contributed by atoms with Gasteiger partial charge < -0.3 is 60.9 Å². The SMILES string of the molecule is Cc1csc2c(OC(=O)N(C)CC(C)(C)CN(C)C(=O)OCc3ccc(NC(=O)C(CCCNC(N)=O)NC(=O)[C@@H](NC(=O)CCCCCN4C(=O)C=CC4=O)C(C)C)cc3)cc3c(c12)[C@H](CCl)CN3C(=O)c1cc2cc(OCCN3CCCC3)ccc2[nH]1. The number of nitrogens with one attached hydrogen (secondary N) is 5. The predicted octanol–water partition coefficient (Wildman–Crippen LogP) is 8.37. The molecule has 5 heterocycles. The summed E-state index contributed by atoms with van der Waals surface area (Å²) < 4.78 is 18.7. The third kappa shape index (κ3) is 17.6. The van der Waals surface area contributed by atoms with Crippen molar-refractivity contribution >= 4 is 109 Å². The molecule has 10 amide bonds. The molecule has 3 aliphatic heterocycles. The van der Waals surface area contributed by atoms with Gasteiger partial charge in [-0.2, -0.15) is 0 Å². The Morgan fingerprint density at radius 2 is 1.57 bits per heavy atom. The van der Waals surface area contributed by atoms with Gasteiger partial charge in [0.25, 0.3) is 17.7 Å². The lowest BCUT2D eigenvalue weighted by Crippen LogP contribution is -2.54. The fraction of sp³-hybridized carbons (Fsp3) is 0.484. The summed E-state index contributed by atoms with van der Waals surface area (Å²) in [6, 6.07) is 13.2. The number of alkyl halides is 1. The van der Waals surface area contributed by atoms with E-state index in [1.54, 1.807) is 63.2 Å². The molecule has 3 atom stereocenters. The fourth-order valence-corrected chi connectivity index (χ4v) is 12.8. The number of H-pyrrole nitrogens is 1. The minimum atomic E-state index is -1.07. The number of rotatable bonds is 29. The van der Waals surface area contributed by atoms with E-state index in [0.29, 0.717) is 60.8 Å². The molecule has 5 aromatic rings. The molecular formula is C64H82ClN11O12S. The van der Waals surface area contributed by atoms with Crippen LogP contribution in [0, 0.1) is 18.3 Å². The van der Waals surface area contributed by atoms with Crippen LogP contribution in [0.2, 0.25) is 0 Å². The first kappa shape index (κ1) is 66.7. The number of unbranched alkanes of at least 4 members (excludes halogenated alkanes) is 2. The minimum Gasteiger partial charge on any atom is -0.492 e. The van der Waals surface area contributed by atoms with E-state index in [1.165, 1.54) is 46.1 Å². The van der Waals surface area contributed by atoms with Gasteiger partial charge in [-0.25, -0.2) is 14.4 Å². The second-order valence-electron chi connectivity index (χ2n) is 24.3. The Bertz CT molecular complexity index is 3430. The number of aryl methyl sites for hydroxylation is 1. The summed E-state index contributed by atoms with van der Waals surface area (Å²) >= 11 is 8.09. The first-order chi connectivity index (χ1) is 42.5. The van der Waals surface area contributed by atoms with Crippen LogP contribution in [-0.2, 0) is 35.3 Å². The van der Waals surface area contributed by atoms with E-state index in [1.807, 2.05) is 50.4 Å². The first-order valence-corrected chi connectivity index (χ1v) is 31.7. The van der Waals surface area contributed by atoms with Crippen molar-refractivity contribution in [3.63, 3.8) is 0 Å². The van der Waals surface area contributed by atoms with Crippen LogP contribution in [0.4, 0.5) is 25.8 Å². The molecule has 0 radical (unpaired) electrons. The zero-order valence-corrected chi connectivity index (χ0v) is 53.2. The molecule has 0 bridgehead atoms. The Morgan fingerprint density at radius 3 is 2.26 bits per heavy atom. The molecule has 3 aromatic carbocycles. The van der Waals surface area contributed by atoms with Crippen molar-refractivity contribution in [2.75, 3.05) is 89.2 Å². The average molecular weight is 1260 g/mol. The van der Waals surface area contributed by atoms with E-state index in [0.717, 1.165) is 62.4 Å². The normalized spacial score (nSPS) is 15.5. The van der Waals surface area contributed by atoms with Crippen LogP contribution in [0.3, 0.4) is 0 Å². The quantitative estimate of drug-likeness (QED) is 0.0149. The smallest absolute Gasteiger partial charge is 0.415 e. The van der Waals surface area contributed by atoms with Crippen molar-refractivity contribution in [2.45, 2.75) is 111 Å². The molecule has 2 aromatic heterocycles. The number of aromatic nitrogens is 1. The summed E-state index contributed by atoms with van der Waals surface area (Å²) in [6.45, 7) is 14.0. The van der Waals surface area contributed by atoms with Crippen molar-refractivity contribution in [1.82, 2.24) is 40.5 Å². The molecule has 0 aliphatic carbocycles. The average Bonchev–Trinajstić information content (AvgIpc) is 1.61. The van der Waals surface area contributed by atoms with Gasteiger partial charge in [-0.05, 0) is 123 Å². The van der Waals surface area contributed by atoms with Crippen molar-refractivity contribution in [2.24, 2.45) is 17.1 Å². The van der Waals surface area contributed by atoms with Gasteiger partial charge in [0.05, 0.1) is 10.4 Å². The predicted molar refractivity (Wildman–Crippen MR) is 341 cm³/mol. The number of aromatic amines is 1. The summed E-state index contributed by atoms with van der Waals surface area (Å²) in [5.74, 6) is -1.65. The minimum absolute atomic E-state index is 0.0977. The Balaban J connectivity index is 0.819. The number of halogens is 1. The van der Waals surface area contributed by atoms with Crippen LogP contribution < -0.4 is 41.4 Å². The maximum absolute atomic E-state index is 14.5. The number of urea groups is 1. The highest BCUT2D eigenvalue weighted by atomic mass is 35.5. The summed E-state index contributed by atoms with van der Waals surface area (Å²) in [5, 5.41) is 14.6. The number of benzene rings is 3. The van der Waals surface area contributed by atoms with Crippen molar-refractivity contribution < 1.29 is 57.4 Å². The molecule has 23 nitrogen and oxygen atoms in total. The Morgan fingerprint density at radius 1 is 0.865 bits per heavy atom. The number of carbonyl (C=O) groups excluding carboxylic acids is 9. The summed E-state index contributed by atoms with van der Waals surface area (Å²) in [4.78, 5) is 129. The summed E-state index contributed by atoms with van der Waals surface area (Å²) in [5.41, 5.74) is 9.34. The number of imide groups is 1. The van der Waals surface area contributed by atoms with Gasteiger partial charge in [-0.3, -0.25) is 38.6 Å². The van der Waals surface area contributed by atoms with Crippen LogP contribution in [0.1, 0.15) is 112 Å². The van der Waals surface area contributed by atoms with Crippen LogP contribution in [0.25, 0.3) is 21.0 Å². The number of ether oxygens (including phenoxy) is 3. The molecule has 25 heteroatoms. The zero-order valence-electron chi connectivity index (χ0n) is 51.7. The molecule has 1 fully saturated rings. The topological polar surface area (TPSA) is 287 Å². The number of hydrogen-bond acceptors (Lipinski definition) is 14. The van der Waals surface area contributed by atoms with Gasteiger partial charge >= 0.3 is 18.2 Å². The number of thiophene rings is 1. The number of amides is 10. The van der Waals surface area contributed by atoms with Gasteiger partial charge in [0.15, 0.2) is 5.75 Å². The third-order valence-corrected chi connectivity index (χ3v) is 17.5. The Hall–Kier alpha value is -8.22. The maximum atomic E-state index is 14.5. The van der Waals surface area contributed by atoms with Crippen LogP contribution in [-0.4, -0.2) is 169 Å². The highest BCUT2D eigenvalue weighted by Crippen LogP contribution is 2.49. The Kier molecular flexibility index (Phi) is 22.7. The standard InChI is InChI=1S/C64H82ClN11O12S/c1-39(2)56(71-51(77)15-9-8-10-27-75-52(78)22-23-53(75)79)59(81)70-47(14-13-24-67-61(66)83)58(80)68-44-18-16-41(17-19-44)35-87-62(84)72(6)37-64(4,5)38-73(7)63(85)88-50-32-49-55(54-40(3)36-89-57(50)54)43(33-65)34-76(49)60(82)48-31-42-30-45(20-21-46(42)69-48)86-29-28-74-25-11-12-26-74/h16-23,30-32,36,39,43,47,56,69H,8-15,24-29,33-35,37-38H2,1-7H3,(H,68,80)(H,70,81)(H,71,77)(H3,66,67,83)/t43-,47?,56+/m1/s1. The lowest BCUT2D eigenvalue weighted by molar-refractivity contribution is -0.137. The third-order valence-electron chi connectivity index (χ3n) is 16.0. The van der Waals surface area contributed by atoms with E-state index >= 15 is 0 Å². The molecular weight excluding hydrogens is 1180 g/mol. The zero-order chi connectivity index (χ0) is 64.1. The second kappa shape index (κ2) is 30.3. The van der Waals surface area contributed by atoms with Crippen molar-refractivity contribution in [3.8, 4) is 11.5 Å². The molecule has 1 saturated heterocycles. The summed E-state index contributed by atoms with van der Waals surface area (Å²) in [7, 11) is 3.23. The van der Waals surface area contributed by atoms with Gasteiger partial charge in [0.1, 0.15) is 36.7 Å². The van der Waals surface area contributed by atoms with Crippen LogP contribution in [0.15, 0.2) is 72.1 Å². The van der Waals surface area contributed by atoms with E-state index in [4.69, 9.17) is 31.5 Å². The molecule has 478 valence electrons. The lowest BCUT2D eigenvalue weighted by atomic mass is 9.92. The summed E-state index contributed by atoms with van der Waals surface area (Å²) in [6.07, 6.45) is 5.71. The highest BCUT2D eigenvalue weighted by molar-refractivity contribution is 7.17. The number of likely N-dealkylation sites (tertiary alicyclic amines) is 1. The maximum Gasteiger partial charge on any atom is 0.415 e. The number of anilines is 2. The van der Waals surface area contributed by atoms with E-state index < -0.39 is 47.5 Å². The molecule has 8 rings (SSSR count). The number of carbonyl (C=O) groups is 9. The van der Waals surface area contributed by atoms with E-state index in [-0.39, 0.29) is 93.4 Å². The first-order valence-electron chi connectivity index (χ1n) is 30.3. The van der Waals surface area contributed by atoms with E-state index in [2.05, 4.69) is 31.2 Å². The number of fused-ring (bicyclic) bond motifs is 4. The molecule has 0 saturated carbocycles. The van der Waals surface area contributed by atoms with Gasteiger partial charge in [-0.1, -0.05) is 46.2 Å². The molecule has 89 heavy (non-hydrogen) atoms.